The number of rotatable bonds is 1. The Morgan fingerprint density at radius 2 is 1.90 bits per heavy atom. The lowest BCUT2D eigenvalue weighted by atomic mass is 9.93. The van der Waals surface area contributed by atoms with E-state index < -0.39 is 17.7 Å². The molecule has 1 unspecified atom stereocenters. The third kappa shape index (κ3) is 2.32. The van der Waals surface area contributed by atoms with Gasteiger partial charge in [0.25, 0.3) is 0 Å². The van der Waals surface area contributed by atoms with Crippen LogP contribution in [-0.2, 0) is 0 Å². The van der Waals surface area contributed by atoms with Gasteiger partial charge in [0.05, 0.1) is 0 Å². The van der Waals surface area contributed by atoms with Crippen molar-refractivity contribution >= 4 is 0 Å². The molecule has 2 aromatic carbocycles. The van der Waals surface area contributed by atoms with Gasteiger partial charge in [0, 0.05) is 30.2 Å². The lowest BCUT2D eigenvalue weighted by Gasteiger charge is -2.30. The zero-order valence-electron chi connectivity index (χ0n) is 10.5. The number of phenolic OH excluding ortho intramolecular Hbond substituents is 1. The van der Waals surface area contributed by atoms with Gasteiger partial charge >= 0.3 is 0 Å². The highest BCUT2D eigenvalue weighted by Gasteiger charge is 2.28. The number of phenols is 1. The van der Waals surface area contributed by atoms with Gasteiger partial charge in [0.1, 0.15) is 29.2 Å². The van der Waals surface area contributed by atoms with E-state index in [2.05, 4.69) is 0 Å². The molecule has 5 heteroatoms. The molecule has 1 aliphatic rings. The summed E-state index contributed by atoms with van der Waals surface area (Å²) in [5.41, 5.74) is 7.25. The normalized spacial score (nSPS) is 21.1. The number of aromatic hydroxyl groups is 1. The van der Waals surface area contributed by atoms with Gasteiger partial charge in [-0.1, -0.05) is 6.07 Å². The van der Waals surface area contributed by atoms with Gasteiger partial charge in [0.2, 0.25) is 0 Å². The first-order valence-electron chi connectivity index (χ1n) is 6.24. The first-order valence-corrected chi connectivity index (χ1v) is 6.24. The third-order valence-electron chi connectivity index (χ3n) is 3.39. The quantitative estimate of drug-likeness (QED) is 0.841. The van der Waals surface area contributed by atoms with E-state index in [1.54, 1.807) is 6.07 Å². The van der Waals surface area contributed by atoms with Crippen LogP contribution < -0.4 is 10.5 Å². The minimum atomic E-state index is -0.554. The molecule has 1 heterocycles. The summed E-state index contributed by atoms with van der Waals surface area (Å²) in [4.78, 5) is 0. The van der Waals surface area contributed by atoms with Crippen LogP contribution in [0.3, 0.4) is 0 Å². The van der Waals surface area contributed by atoms with Crippen molar-refractivity contribution in [1.29, 1.82) is 0 Å². The van der Waals surface area contributed by atoms with Crippen LogP contribution >= 0.6 is 0 Å². The molecule has 3 rings (SSSR count). The average Bonchev–Trinajstić information content (AvgIpc) is 2.36. The number of hydrogen-bond acceptors (Lipinski definition) is 3. The van der Waals surface area contributed by atoms with E-state index in [1.165, 1.54) is 24.3 Å². The van der Waals surface area contributed by atoms with Crippen LogP contribution in [0.5, 0.6) is 11.5 Å². The number of hydrogen-bond donors (Lipinski definition) is 2. The van der Waals surface area contributed by atoms with Crippen LogP contribution in [0.1, 0.15) is 29.7 Å². The van der Waals surface area contributed by atoms with Gasteiger partial charge in [-0.15, -0.1) is 0 Å². The Morgan fingerprint density at radius 1 is 1.10 bits per heavy atom. The van der Waals surface area contributed by atoms with E-state index >= 15 is 0 Å². The van der Waals surface area contributed by atoms with Crippen molar-refractivity contribution in [3.05, 3.63) is 59.2 Å². The molecule has 0 amide bonds. The van der Waals surface area contributed by atoms with Gasteiger partial charge in [-0.2, -0.15) is 0 Å². The van der Waals surface area contributed by atoms with E-state index in [0.29, 0.717) is 17.7 Å². The number of halogens is 2. The van der Waals surface area contributed by atoms with E-state index in [4.69, 9.17) is 10.5 Å². The second-order valence-corrected chi connectivity index (χ2v) is 4.87. The number of nitrogens with two attached hydrogens (primary N) is 1. The number of fused-ring (bicyclic) bond motifs is 1. The summed E-state index contributed by atoms with van der Waals surface area (Å²) in [6, 6.07) is 7.58. The fourth-order valence-electron chi connectivity index (χ4n) is 2.46. The smallest absolute Gasteiger partial charge is 0.127 e. The van der Waals surface area contributed by atoms with Gasteiger partial charge < -0.3 is 15.6 Å². The van der Waals surface area contributed by atoms with Crippen molar-refractivity contribution < 1.29 is 18.6 Å². The maximum absolute atomic E-state index is 13.3. The molecule has 3 nitrogen and oxygen atoms in total. The lowest BCUT2D eigenvalue weighted by Crippen LogP contribution is -2.24. The number of benzene rings is 2. The zero-order valence-corrected chi connectivity index (χ0v) is 10.5. The average molecular weight is 277 g/mol. The molecule has 104 valence electrons. The Balaban J connectivity index is 1.98. The molecule has 2 atom stereocenters. The fraction of sp³-hybridized carbons (Fsp3) is 0.200. The maximum Gasteiger partial charge on any atom is 0.127 e. The third-order valence-corrected chi connectivity index (χ3v) is 3.39. The van der Waals surface area contributed by atoms with Crippen LogP contribution in [-0.4, -0.2) is 5.11 Å². The fourth-order valence-corrected chi connectivity index (χ4v) is 2.46. The minimum Gasteiger partial charge on any atom is -0.508 e. The Morgan fingerprint density at radius 3 is 2.65 bits per heavy atom. The Kier molecular flexibility index (Phi) is 3.06. The highest BCUT2D eigenvalue weighted by Crippen LogP contribution is 2.40. The summed E-state index contributed by atoms with van der Waals surface area (Å²) in [7, 11) is 0. The van der Waals surface area contributed by atoms with Crippen molar-refractivity contribution in [2.45, 2.75) is 18.6 Å². The minimum absolute atomic E-state index is 0.179. The van der Waals surface area contributed by atoms with E-state index in [9.17, 15) is 13.9 Å². The Labute approximate surface area is 114 Å². The van der Waals surface area contributed by atoms with Crippen LogP contribution in [0.4, 0.5) is 8.78 Å². The molecule has 2 aromatic rings. The topological polar surface area (TPSA) is 55.5 Å². The molecule has 0 bridgehead atoms. The predicted molar refractivity (Wildman–Crippen MR) is 69.4 cm³/mol. The van der Waals surface area contributed by atoms with Gasteiger partial charge in [-0.25, -0.2) is 8.78 Å². The second kappa shape index (κ2) is 4.76. The van der Waals surface area contributed by atoms with E-state index in [0.717, 1.165) is 11.6 Å². The zero-order chi connectivity index (χ0) is 14.3. The Bertz CT molecular complexity index is 640. The van der Waals surface area contributed by atoms with Crippen molar-refractivity contribution in [2.24, 2.45) is 5.73 Å². The standard InChI is InChI=1S/C15H13F2NO2/c16-9-1-2-12-13(18)7-14(20-15(12)6-9)8-3-10(17)5-11(19)4-8/h1-6,13-14,19H,7,18H2/t13-,14?/m1/s1. The largest absolute Gasteiger partial charge is 0.508 e. The van der Waals surface area contributed by atoms with Crippen molar-refractivity contribution in [2.75, 3.05) is 0 Å². The summed E-state index contributed by atoms with van der Waals surface area (Å²) < 4.78 is 32.3. The molecular formula is C15H13F2NO2. The molecule has 0 fully saturated rings. The van der Waals surface area contributed by atoms with Crippen molar-refractivity contribution in [3.63, 3.8) is 0 Å². The highest BCUT2D eigenvalue weighted by atomic mass is 19.1. The van der Waals surface area contributed by atoms with Gasteiger partial charge in [-0.05, 0) is 23.8 Å². The SMILES string of the molecule is N[C@@H]1CC(c2cc(O)cc(F)c2)Oc2cc(F)ccc21. The summed E-state index contributed by atoms with van der Waals surface area (Å²) in [6.45, 7) is 0. The molecule has 0 aromatic heterocycles. The molecule has 0 radical (unpaired) electrons. The van der Waals surface area contributed by atoms with Gasteiger partial charge in [0.15, 0.2) is 0 Å². The van der Waals surface area contributed by atoms with Crippen molar-refractivity contribution in [3.8, 4) is 11.5 Å². The second-order valence-electron chi connectivity index (χ2n) is 4.87. The lowest BCUT2D eigenvalue weighted by molar-refractivity contribution is 0.160. The molecular weight excluding hydrogens is 264 g/mol. The molecule has 0 spiro atoms. The molecule has 0 aliphatic carbocycles. The maximum atomic E-state index is 13.3. The van der Waals surface area contributed by atoms with E-state index in [1.807, 2.05) is 0 Å². The molecule has 1 aliphatic heterocycles. The molecule has 0 saturated carbocycles. The van der Waals surface area contributed by atoms with E-state index in [-0.39, 0.29) is 11.8 Å². The molecule has 3 N–H and O–H groups in total. The first-order chi connectivity index (χ1) is 9.52. The summed E-state index contributed by atoms with van der Waals surface area (Å²) in [6.07, 6.45) is -0.0810. The van der Waals surface area contributed by atoms with Crippen LogP contribution in [0, 0.1) is 11.6 Å². The van der Waals surface area contributed by atoms with Gasteiger partial charge in [-0.3, -0.25) is 0 Å². The molecule has 20 heavy (non-hydrogen) atoms. The van der Waals surface area contributed by atoms with Crippen LogP contribution in [0.25, 0.3) is 0 Å². The summed E-state index contributed by atoms with van der Waals surface area (Å²) >= 11 is 0. The number of ether oxygens (including phenoxy) is 1. The monoisotopic (exact) mass is 277 g/mol. The summed E-state index contributed by atoms with van der Waals surface area (Å²) in [5.74, 6) is -0.791. The van der Waals surface area contributed by atoms with Crippen molar-refractivity contribution in [1.82, 2.24) is 0 Å². The first kappa shape index (κ1) is 12.9. The van der Waals surface area contributed by atoms with Crippen LogP contribution in [0.2, 0.25) is 0 Å². The summed E-state index contributed by atoms with van der Waals surface area (Å²) in [5, 5.41) is 9.44. The predicted octanol–water partition coefficient (Wildman–Crippen LogP) is 3.19. The highest BCUT2D eigenvalue weighted by molar-refractivity contribution is 5.40. The van der Waals surface area contributed by atoms with Crippen LogP contribution in [0.15, 0.2) is 36.4 Å². The Hall–Kier alpha value is -2.14. The molecule has 0 saturated heterocycles.